The van der Waals surface area contributed by atoms with Crippen LogP contribution in [-0.4, -0.2) is 55.5 Å². The van der Waals surface area contributed by atoms with Crippen molar-refractivity contribution < 1.29 is 9.53 Å². The second-order valence-corrected chi connectivity index (χ2v) is 7.05. The number of methoxy groups -OCH3 is 1. The lowest BCUT2D eigenvalue weighted by atomic mass is 10.1. The summed E-state index contributed by atoms with van der Waals surface area (Å²) in [6, 6.07) is 16.2. The number of carbonyl (C=O) groups is 1. The predicted molar refractivity (Wildman–Crippen MR) is 109 cm³/mol. The summed E-state index contributed by atoms with van der Waals surface area (Å²) in [5.41, 5.74) is 4.03. The van der Waals surface area contributed by atoms with Crippen LogP contribution >= 0.6 is 0 Å². The molecule has 2 heterocycles. The van der Waals surface area contributed by atoms with Crippen molar-refractivity contribution in [3.8, 4) is 5.75 Å². The van der Waals surface area contributed by atoms with Crippen molar-refractivity contribution in [3.63, 3.8) is 0 Å². The van der Waals surface area contributed by atoms with E-state index in [-0.39, 0.29) is 5.78 Å². The van der Waals surface area contributed by atoms with Crippen molar-refractivity contribution in [1.82, 2.24) is 9.88 Å². The average Bonchev–Trinajstić information content (AvgIpc) is 3.04. The zero-order chi connectivity index (χ0) is 18.8. The lowest BCUT2D eigenvalue weighted by molar-refractivity contribution is 0.0927. The molecule has 1 aromatic heterocycles. The van der Waals surface area contributed by atoms with Crippen LogP contribution in [0.15, 0.2) is 48.5 Å². The van der Waals surface area contributed by atoms with Crippen LogP contribution in [0.2, 0.25) is 0 Å². The van der Waals surface area contributed by atoms with Gasteiger partial charge in [0.15, 0.2) is 5.78 Å². The van der Waals surface area contributed by atoms with Crippen LogP contribution in [0.25, 0.3) is 10.9 Å². The number of hydrogen-bond donors (Lipinski definition) is 1. The first-order valence-electron chi connectivity index (χ1n) is 9.37. The third-order valence-electron chi connectivity index (χ3n) is 5.35. The van der Waals surface area contributed by atoms with Gasteiger partial charge >= 0.3 is 0 Å². The molecule has 0 bridgehead atoms. The normalized spacial score (nSPS) is 15.3. The third kappa shape index (κ3) is 3.55. The molecule has 0 unspecified atom stereocenters. The van der Waals surface area contributed by atoms with E-state index in [9.17, 15) is 4.79 Å². The number of nitrogens with one attached hydrogen (secondary N) is 1. The summed E-state index contributed by atoms with van der Waals surface area (Å²) in [5.74, 6) is 1.07. The molecule has 0 saturated carbocycles. The van der Waals surface area contributed by atoms with E-state index >= 15 is 0 Å². The molecule has 1 fully saturated rings. The van der Waals surface area contributed by atoms with E-state index in [0.717, 1.165) is 54.1 Å². The van der Waals surface area contributed by atoms with Crippen molar-refractivity contribution >= 4 is 22.4 Å². The number of Topliss-reactive ketones (excluding diaryl/α,β-unsaturated/α-hetero) is 1. The highest BCUT2D eigenvalue weighted by Gasteiger charge is 2.22. The Hall–Kier alpha value is -2.79. The fraction of sp³-hybridized carbons (Fsp3) is 0.318. The number of hydrogen-bond acceptors (Lipinski definition) is 4. The van der Waals surface area contributed by atoms with Crippen LogP contribution in [-0.2, 0) is 0 Å². The SMILES string of the molecule is COc1ccc(N2CCN(CC(=O)c3c(C)[nH]c4ccccc34)CC2)cc1. The number of piperazine rings is 1. The first kappa shape index (κ1) is 17.6. The van der Waals surface area contributed by atoms with Crippen LogP contribution in [0.4, 0.5) is 5.69 Å². The van der Waals surface area contributed by atoms with Gasteiger partial charge in [-0.15, -0.1) is 0 Å². The molecule has 2 aromatic carbocycles. The minimum absolute atomic E-state index is 0.197. The maximum atomic E-state index is 12.9. The summed E-state index contributed by atoms with van der Waals surface area (Å²) >= 11 is 0. The molecular formula is C22H25N3O2. The molecule has 0 spiro atoms. The summed E-state index contributed by atoms with van der Waals surface area (Å²) in [6.07, 6.45) is 0. The number of aromatic amines is 1. The highest BCUT2D eigenvalue weighted by molar-refractivity contribution is 6.10. The average molecular weight is 363 g/mol. The predicted octanol–water partition coefficient (Wildman–Crippen LogP) is 3.49. The van der Waals surface area contributed by atoms with Gasteiger partial charge in [0.1, 0.15) is 5.75 Å². The first-order chi connectivity index (χ1) is 13.2. The molecule has 3 aromatic rings. The number of fused-ring (bicyclic) bond motifs is 1. The Labute approximate surface area is 159 Å². The molecule has 1 N–H and O–H groups in total. The number of nitrogens with zero attached hydrogens (tertiary/aromatic N) is 2. The number of benzene rings is 2. The number of aryl methyl sites for hydroxylation is 1. The summed E-state index contributed by atoms with van der Waals surface area (Å²) in [5, 5.41) is 1.02. The highest BCUT2D eigenvalue weighted by atomic mass is 16.5. The number of ether oxygens (including phenoxy) is 1. The van der Waals surface area contributed by atoms with Crippen molar-refractivity contribution in [2.24, 2.45) is 0 Å². The molecule has 140 valence electrons. The van der Waals surface area contributed by atoms with E-state index in [4.69, 9.17) is 4.74 Å². The molecule has 0 amide bonds. The van der Waals surface area contributed by atoms with Crippen molar-refractivity contribution in [2.75, 3.05) is 44.7 Å². The van der Waals surface area contributed by atoms with Gasteiger partial charge in [-0.05, 0) is 37.3 Å². The molecule has 1 aliphatic heterocycles. The lowest BCUT2D eigenvalue weighted by Crippen LogP contribution is -2.48. The Morgan fingerprint density at radius 2 is 1.74 bits per heavy atom. The lowest BCUT2D eigenvalue weighted by Gasteiger charge is -2.35. The van der Waals surface area contributed by atoms with Gasteiger partial charge in [-0.1, -0.05) is 18.2 Å². The van der Waals surface area contributed by atoms with E-state index in [1.807, 2.05) is 43.3 Å². The van der Waals surface area contributed by atoms with Gasteiger partial charge in [0, 0.05) is 54.0 Å². The quantitative estimate of drug-likeness (QED) is 0.705. The van der Waals surface area contributed by atoms with Gasteiger partial charge in [0.25, 0.3) is 0 Å². The second kappa shape index (κ2) is 7.45. The van der Waals surface area contributed by atoms with Gasteiger partial charge in [-0.25, -0.2) is 0 Å². The summed E-state index contributed by atoms with van der Waals surface area (Å²) in [4.78, 5) is 20.9. The maximum Gasteiger partial charge on any atom is 0.179 e. The van der Waals surface area contributed by atoms with Crippen LogP contribution in [0, 0.1) is 6.92 Å². The molecule has 0 radical (unpaired) electrons. The second-order valence-electron chi connectivity index (χ2n) is 7.05. The molecule has 1 aliphatic rings. The Kier molecular flexibility index (Phi) is 4.86. The minimum atomic E-state index is 0.197. The summed E-state index contributed by atoms with van der Waals surface area (Å²) < 4.78 is 5.23. The molecule has 4 rings (SSSR count). The largest absolute Gasteiger partial charge is 0.497 e. The standard InChI is InChI=1S/C22H25N3O2/c1-16-22(19-5-3-4-6-20(19)23-16)21(26)15-24-11-13-25(14-12-24)17-7-9-18(27-2)10-8-17/h3-10,23H,11-15H2,1-2H3. The molecule has 0 aliphatic carbocycles. The van der Waals surface area contributed by atoms with Crippen molar-refractivity contribution in [1.29, 1.82) is 0 Å². The Balaban J connectivity index is 1.40. The summed E-state index contributed by atoms with van der Waals surface area (Å²) in [7, 11) is 1.68. The zero-order valence-corrected chi connectivity index (χ0v) is 15.9. The number of H-pyrrole nitrogens is 1. The maximum absolute atomic E-state index is 12.9. The topological polar surface area (TPSA) is 48.6 Å². The highest BCUT2D eigenvalue weighted by Crippen LogP contribution is 2.24. The molecule has 0 atom stereocenters. The zero-order valence-electron chi connectivity index (χ0n) is 15.9. The van der Waals surface area contributed by atoms with E-state index < -0.39 is 0 Å². The van der Waals surface area contributed by atoms with E-state index in [1.165, 1.54) is 5.69 Å². The number of ketones is 1. The molecule has 5 nitrogen and oxygen atoms in total. The van der Waals surface area contributed by atoms with Crippen LogP contribution < -0.4 is 9.64 Å². The smallest absolute Gasteiger partial charge is 0.179 e. The molecule has 5 heteroatoms. The number of anilines is 1. The minimum Gasteiger partial charge on any atom is -0.497 e. The Bertz CT molecular complexity index is 938. The van der Waals surface area contributed by atoms with Gasteiger partial charge in [-0.3, -0.25) is 9.69 Å². The van der Waals surface area contributed by atoms with E-state index in [2.05, 4.69) is 26.9 Å². The van der Waals surface area contributed by atoms with Crippen LogP contribution in [0.3, 0.4) is 0 Å². The fourth-order valence-electron chi connectivity index (χ4n) is 3.88. The van der Waals surface area contributed by atoms with Crippen molar-refractivity contribution in [2.45, 2.75) is 6.92 Å². The van der Waals surface area contributed by atoms with Crippen LogP contribution in [0.1, 0.15) is 16.1 Å². The fourth-order valence-corrected chi connectivity index (χ4v) is 3.88. The van der Waals surface area contributed by atoms with E-state index in [0.29, 0.717) is 6.54 Å². The molecule has 1 saturated heterocycles. The third-order valence-corrected chi connectivity index (χ3v) is 5.35. The number of carbonyl (C=O) groups excluding carboxylic acids is 1. The number of aromatic nitrogens is 1. The summed E-state index contributed by atoms with van der Waals surface area (Å²) in [6.45, 7) is 6.07. The monoisotopic (exact) mass is 363 g/mol. The Morgan fingerprint density at radius 3 is 2.44 bits per heavy atom. The van der Waals surface area contributed by atoms with Gasteiger partial charge in [0.2, 0.25) is 0 Å². The van der Waals surface area contributed by atoms with Crippen LogP contribution in [0.5, 0.6) is 5.75 Å². The first-order valence-corrected chi connectivity index (χ1v) is 9.37. The van der Waals surface area contributed by atoms with Crippen molar-refractivity contribution in [3.05, 3.63) is 59.8 Å². The van der Waals surface area contributed by atoms with E-state index in [1.54, 1.807) is 7.11 Å². The molecule has 27 heavy (non-hydrogen) atoms. The number of para-hydroxylation sites is 1. The Morgan fingerprint density at radius 1 is 1.04 bits per heavy atom. The van der Waals surface area contributed by atoms with Gasteiger partial charge in [0.05, 0.1) is 13.7 Å². The number of rotatable bonds is 5. The van der Waals surface area contributed by atoms with Gasteiger partial charge < -0.3 is 14.6 Å². The molecular weight excluding hydrogens is 338 g/mol. The van der Waals surface area contributed by atoms with Gasteiger partial charge in [-0.2, -0.15) is 0 Å².